The Morgan fingerprint density at radius 2 is 0.838 bits per heavy atom. The molecule has 0 saturated carbocycles. The van der Waals surface area contributed by atoms with Crippen molar-refractivity contribution in [2.45, 2.75) is 37.8 Å². The van der Waals surface area contributed by atoms with Gasteiger partial charge < -0.3 is 29.6 Å². The van der Waals surface area contributed by atoms with Crippen LogP contribution in [-0.2, 0) is 9.59 Å². The van der Waals surface area contributed by atoms with Crippen molar-refractivity contribution in [3.05, 3.63) is 190 Å². The standard InChI is InChI=1S/2C28H31ClN2O3/c2*1-33-26-10-6-5-9-25(26)27(21-11-13-23(29)14-12-21)30-28(32)22-15-17-31(18-16-22)19-20-34-24-7-3-2-4-8-24/h2*2-14,22,27H,15-20H2,1H3,(H,30,32). The number of hydrogen-bond acceptors (Lipinski definition) is 8. The summed E-state index contributed by atoms with van der Waals surface area (Å²) in [4.78, 5) is 31.3. The average Bonchev–Trinajstić information content (AvgIpc) is 3.39. The van der Waals surface area contributed by atoms with E-state index in [-0.39, 0.29) is 35.7 Å². The number of hydrogen-bond donors (Lipinski definition) is 2. The van der Waals surface area contributed by atoms with E-state index >= 15 is 0 Å². The second-order valence-electron chi connectivity index (χ2n) is 17.0. The molecule has 2 unspecified atom stereocenters. The highest BCUT2D eigenvalue weighted by Crippen LogP contribution is 2.33. The molecule has 6 aromatic rings. The first-order chi connectivity index (χ1) is 33.3. The van der Waals surface area contributed by atoms with Crippen molar-refractivity contribution in [2.75, 3.05) is 66.7 Å². The molecule has 2 fully saturated rings. The molecule has 0 radical (unpaired) electrons. The van der Waals surface area contributed by atoms with Crippen molar-refractivity contribution < 1.29 is 28.5 Å². The van der Waals surface area contributed by atoms with Crippen molar-refractivity contribution in [1.82, 2.24) is 20.4 Å². The number of likely N-dealkylation sites (tertiary alicyclic amines) is 2. The third-order valence-electron chi connectivity index (χ3n) is 12.6. The molecule has 2 saturated heterocycles. The van der Waals surface area contributed by atoms with Gasteiger partial charge in [-0.05, 0) is 124 Å². The summed E-state index contributed by atoms with van der Waals surface area (Å²) in [6, 6.07) is 49.9. The largest absolute Gasteiger partial charge is 0.496 e. The molecule has 8 rings (SSSR count). The van der Waals surface area contributed by atoms with Crippen molar-refractivity contribution in [3.63, 3.8) is 0 Å². The van der Waals surface area contributed by atoms with Gasteiger partial charge in [-0.1, -0.05) is 120 Å². The minimum atomic E-state index is -0.307. The average molecular weight is 958 g/mol. The molecule has 2 aliphatic heterocycles. The molecule has 2 heterocycles. The maximum absolute atomic E-state index is 13.3. The summed E-state index contributed by atoms with van der Waals surface area (Å²) in [5.41, 5.74) is 3.79. The Bertz CT molecular complexity index is 2270. The van der Waals surface area contributed by atoms with Crippen LogP contribution in [0.15, 0.2) is 158 Å². The first kappa shape index (κ1) is 49.9. The molecule has 0 aliphatic carbocycles. The fourth-order valence-electron chi connectivity index (χ4n) is 8.78. The van der Waals surface area contributed by atoms with Crippen molar-refractivity contribution in [3.8, 4) is 23.0 Å². The lowest BCUT2D eigenvalue weighted by atomic mass is 9.93. The molecule has 68 heavy (non-hydrogen) atoms. The Labute approximate surface area is 411 Å². The van der Waals surface area contributed by atoms with E-state index in [2.05, 4.69) is 20.4 Å². The normalized spacial score (nSPS) is 15.5. The van der Waals surface area contributed by atoms with Gasteiger partial charge in [-0.25, -0.2) is 0 Å². The molecule has 2 atom stereocenters. The highest BCUT2D eigenvalue weighted by Gasteiger charge is 2.30. The maximum atomic E-state index is 13.3. The third-order valence-corrected chi connectivity index (χ3v) is 13.1. The lowest BCUT2D eigenvalue weighted by Crippen LogP contribution is -2.42. The molecule has 2 N–H and O–H groups in total. The lowest BCUT2D eigenvalue weighted by molar-refractivity contribution is -0.127. The number of nitrogens with one attached hydrogen (secondary N) is 2. The van der Waals surface area contributed by atoms with Gasteiger partial charge in [0.2, 0.25) is 11.8 Å². The van der Waals surface area contributed by atoms with E-state index in [1.165, 1.54) is 0 Å². The minimum Gasteiger partial charge on any atom is -0.496 e. The summed E-state index contributed by atoms with van der Waals surface area (Å²) in [5.74, 6) is 3.39. The first-order valence-electron chi connectivity index (χ1n) is 23.5. The van der Waals surface area contributed by atoms with E-state index in [1.807, 2.05) is 158 Å². The Balaban J connectivity index is 0.000000201. The monoisotopic (exact) mass is 956 g/mol. The molecule has 0 spiro atoms. The molecule has 6 aromatic carbocycles. The highest BCUT2D eigenvalue weighted by molar-refractivity contribution is 6.30. The summed E-state index contributed by atoms with van der Waals surface area (Å²) in [6.07, 6.45) is 3.32. The van der Waals surface area contributed by atoms with Crippen LogP contribution in [-0.4, -0.2) is 88.3 Å². The fraction of sp³-hybridized carbons (Fsp3) is 0.321. The predicted molar refractivity (Wildman–Crippen MR) is 271 cm³/mol. The number of piperidine rings is 2. The number of para-hydroxylation sites is 4. The molecule has 2 amide bonds. The van der Waals surface area contributed by atoms with E-state index in [4.69, 9.17) is 42.1 Å². The number of halogens is 2. The van der Waals surface area contributed by atoms with Crippen molar-refractivity contribution in [2.24, 2.45) is 11.8 Å². The molecule has 2 aliphatic rings. The quantitative estimate of drug-likeness (QED) is 0.0879. The number of carbonyl (C=O) groups excluding carboxylic acids is 2. The second kappa shape index (κ2) is 25.9. The van der Waals surface area contributed by atoms with Crippen LogP contribution in [0.1, 0.15) is 60.0 Å². The number of methoxy groups -OCH3 is 2. The SMILES string of the molecule is COc1ccccc1C(NC(=O)C1CCN(CCOc2ccccc2)CC1)c1ccc(Cl)cc1.COc1ccccc1C(NC(=O)C1CCN(CCOc2ccccc2)CC1)c1ccc(Cl)cc1. The van der Waals surface area contributed by atoms with E-state index in [1.54, 1.807) is 14.2 Å². The van der Waals surface area contributed by atoms with E-state index in [0.29, 0.717) is 23.3 Å². The molecule has 10 nitrogen and oxygen atoms in total. The van der Waals surface area contributed by atoms with E-state index in [9.17, 15) is 9.59 Å². The summed E-state index contributed by atoms with van der Waals surface area (Å²) in [6.45, 7) is 6.55. The Hall–Kier alpha value is -6.04. The molecule has 356 valence electrons. The van der Waals surface area contributed by atoms with Gasteiger partial charge in [-0.3, -0.25) is 19.4 Å². The summed E-state index contributed by atoms with van der Waals surface area (Å²) in [7, 11) is 3.30. The van der Waals surface area contributed by atoms with Crippen LogP contribution in [0.25, 0.3) is 0 Å². The fourth-order valence-corrected chi connectivity index (χ4v) is 9.03. The molecule has 12 heteroatoms. The van der Waals surface area contributed by atoms with Crippen LogP contribution in [0.3, 0.4) is 0 Å². The van der Waals surface area contributed by atoms with Crippen LogP contribution in [0, 0.1) is 11.8 Å². The Morgan fingerprint density at radius 1 is 0.500 bits per heavy atom. The van der Waals surface area contributed by atoms with Gasteiger partial charge in [0.1, 0.15) is 36.2 Å². The van der Waals surface area contributed by atoms with Gasteiger partial charge in [0, 0.05) is 46.1 Å². The molecular formula is C56H62Cl2N4O6. The first-order valence-corrected chi connectivity index (χ1v) is 24.2. The minimum absolute atomic E-state index is 0.0178. The highest BCUT2D eigenvalue weighted by atomic mass is 35.5. The lowest BCUT2D eigenvalue weighted by Gasteiger charge is -2.32. The smallest absolute Gasteiger partial charge is 0.223 e. The maximum Gasteiger partial charge on any atom is 0.223 e. The van der Waals surface area contributed by atoms with Crippen LogP contribution >= 0.6 is 23.2 Å². The zero-order chi connectivity index (χ0) is 47.5. The summed E-state index contributed by atoms with van der Waals surface area (Å²) in [5, 5.41) is 7.90. The molecule has 0 bridgehead atoms. The number of benzene rings is 6. The number of ether oxygens (including phenoxy) is 4. The van der Waals surface area contributed by atoms with Gasteiger partial charge >= 0.3 is 0 Å². The number of rotatable bonds is 18. The van der Waals surface area contributed by atoms with Crippen LogP contribution in [0.4, 0.5) is 0 Å². The third kappa shape index (κ3) is 14.5. The summed E-state index contributed by atoms with van der Waals surface area (Å²) < 4.78 is 22.8. The molecular weight excluding hydrogens is 896 g/mol. The van der Waals surface area contributed by atoms with Gasteiger partial charge in [-0.15, -0.1) is 0 Å². The van der Waals surface area contributed by atoms with Gasteiger partial charge in [0.25, 0.3) is 0 Å². The number of carbonyl (C=O) groups is 2. The van der Waals surface area contributed by atoms with E-state index < -0.39 is 0 Å². The van der Waals surface area contributed by atoms with Crippen LogP contribution < -0.4 is 29.6 Å². The zero-order valence-corrected chi connectivity index (χ0v) is 40.4. The van der Waals surface area contributed by atoms with Crippen LogP contribution in [0.2, 0.25) is 10.0 Å². The zero-order valence-electron chi connectivity index (χ0n) is 38.9. The van der Waals surface area contributed by atoms with E-state index in [0.717, 1.165) is 110 Å². The summed E-state index contributed by atoms with van der Waals surface area (Å²) >= 11 is 12.2. The topological polar surface area (TPSA) is 102 Å². The Morgan fingerprint density at radius 3 is 1.19 bits per heavy atom. The van der Waals surface area contributed by atoms with Gasteiger partial charge in [-0.2, -0.15) is 0 Å². The van der Waals surface area contributed by atoms with Crippen molar-refractivity contribution >= 4 is 35.0 Å². The van der Waals surface area contributed by atoms with Gasteiger partial charge in [0.05, 0.1) is 26.3 Å². The second-order valence-corrected chi connectivity index (χ2v) is 17.9. The van der Waals surface area contributed by atoms with Gasteiger partial charge in [0.15, 0.2) is 0 Å². The number of amides is 2. The van der Waals surface area contributed by atoms with Crippen molar-refractivity contribution in [1.29, 1.82) is 0 Å². The number of nitrogens with zero attached hydrogens (tertiary/aromatic N) is 2. The Kier molecular flexibility index (Phi) is 19.0. The molecule has 0 aromatic heterocycles. The van der Waals surface area contributed by atoms with Crippen LogP contribution in [0.5, 0.6) is 23.0 Å². The predicted octanol–water partition coefficient (Wildman–Crippen LogP) is 10.7.